The highest BCUT2D eigenvalue weighted by atomic mass is 16.2. The quantitative estimate of drug-likeness (QED) is 0.807. The number of carbonyl (C=O) groups is 2. The van der Waals surface area contributed by atoms with Crippen molar-refractivity contribution in [3.05, 3.63) is 0 Å². The summed E-state index contributed by atoms with van der Waals surface area (Å²) in [7, 11) is 0. The lowest BCUT2D eigenvalue weighted by Crippen LogP contribution is -2.49. The Morgan fingerprint density at radius 2 is 2.00 bits per heavy atom. The molecule has 4 heteroatoms. The predicted molar refractivity (Wildman–Crippen MR) is 67.4 cm³/mol. The molecule has 2 unspecified atom stereocenters. The van der Waals surface area contributed by atoms with Crippen molar-refractivity contribution in [2.24, 2.45) is 11.8 Å². The molecule has 0 saturated carbocycles. The zero-order chi connectivity index (χ0) is 13.0. The summed E-state index contributed by atoms with van der Waals surface area (Å²) in [5, 5.41) is 2.85. The van der Waals surface area contributed by atoms with Crippen LogP contribution >= 0.6 is 0 Å². The summed E-state index contributed by atoms with van der Waals surface area (Å²) in [6.45, 7) is 9.53. The molecule has 2 amide bonds. The molecule has 1 saturated heterocycles. The Bertz CT molecular complexity index is 289. The lowest BCUT2D eigenvalue weighted by atomic mass is 9.98. The Labute approximate surface area is 104 Å². The van der Waals surface area contributed by atoms with Crippen molar-refractivity contribution in [3.63, 3.8) is 0 Å². The van der Waals surface area contributed by atoms with E-state index in [1.165, 1.54) is 0 Å². The highest BCUT2D eigenvalue weighted by Gasteiger charge is 2.32. The van der Waals surface area contributed by atoms with Crippen LogP contribution < -0.4 is 5.32 Å². The molecule has 0 spiro atoms. The number of amides is 2. The van der Waals surface area contributed by atoms with Gasteiger partial charge in [0, 0.05) is 19.5 Å². The topological polar surface area (TPSA) is 49.4 Å². The summed E-state index contributed by atoms with van der Waals surface area (Å²) < 4.78 is 0. The maximum atomic E-state index is 12.3. The fraction of sp³-hybridized carbons (Fsp3) is 0.846. The Hall–Kier alpha value is -1.06. The molecule has 1 fully saturated rings. The molecule has 1 aliphatic rings. The first-order chi connectivity index (χ1) is 7.95. The molecule has 0 bridgehead atoms. The molecule has 1 N–H and O–H groups in total. The number of carbonyl (C=O) groups excluding carboxylic acids is 2. The van der Waals surface area contributed by atoms with Crippen molar-refractivity contribution in [2.45, 2.75) is 46.6 Å². The second-order valence-corrected chi connectivity index (χ2v) is 5.36. The Morgan fingerprint density at radius 1 is 1.35 bits per heavy atom. The van der Waals surface area contributed by atoms with E-state index in [0.29, 0.717) is 18.9 Å². The van der Waals surface area contributed by atoms with E-state index in [1.54, 1.807) is 0 Å². The largest absolute Gasteiger partial charge is 0.344 e. The van der Waals surface area contributed by atoms with Crippen molar-refractivity contribution < 1.29 is 9.59 Å². The van der Waals surface area contributed by atoms with Crippen LogP contribution in [0.25, 0.3) is 0 Å². The third kappa shape index (κ3) is 3.72. The molecule has 2 atom stereocenters. The molecule has 0 aromatic rings. The van der Waals surface area contributed by atoms with Gasteiger partial charge in [0.15, 0.2) is 0 Å². The minimum absolute atomic E-state index is 0.00472. The second kappa shape index (κ2) is 6.03. The number of hydrogen-bond donors (Lipinski definition) is 1. The van der Waals surface area contributed by atoms with Gasteiger partial charge in [0.05, 0.1) is 0 Å². The van der Waals surface area contributed by atoms with Crippen LogP contribution in [-0.4, -0.2) is 35.8 Å². The van der Waals surface area contributed by atoms with Gasteiger partial charge in [-0.25, -0.2) is 0 Å². The lowest BCUT2D eigenvalue weighted by molar-refractivity contribution is -0.135. The fourth-order valence-corrected chi connectivity index (χ4v) is 2.09. The molecule has 0 aromatic heterocycles. The molecule has 0 radical (unpaired) electrons. The van der Waals surface area contributed by atoms with Crippen LogP contribution in [-0.2, 0) is 9.59 Å². The van der Waals surface area contributed by atoms with Gasteiger partial charge in [0.1, 0.15) is 6.04 Å². The number of hydrogen-bond acceptors (Lipinski definition) is 2. The van der Waals surface area contributed by atoms with Gasteiger partial charge in [-0.2, -0.15) is 0 Å². The van der Waals surface area contributed by atoms with Crippen molar-refractivity contribution >= 4 is 11.8 Å². The highest BCUT2D eigenvalue weighted by molar-refractivity contribution is 5.90. The average Bonchev–Trinajstić information content (AvgIpc) is 2.40. The first kappa shape index (κ1) is 14.0. The Morgan fingerprint density at radius 3 is 2.53 bits per heavy atom. The summed E-state index contributed by atoms with van der Waals surface area (Å²) in [5.41, 5.74) is 0. The van der Waals surface area contributed by atoms with Crippen LogP contribution in [0.3, 0.4) is 0 Å². The molecule has 4 nitrogen and oxygen atoms in total. The van der Waals surface area contributed by atoms with E-state index in [2.05, 4.69) is 19.2 Å². The molecule has 1 aliphatic heterocycles. The number of rotatable bonds is 4. The van der Waals surface area contributed by atoms with Gasteiger partial charge in [-0.3, -0.25) is 9.59 Å². The van der Waals surface area contributed by atoms with Gasteiger partial charge in [-0.05, 0) is 11.8 Å². The van der Waals surface area contributed by atoms with E-state index < -0.39 is 0 Å². The summed E-state index contributed by atoms with van der Waals surface area (Å²) in [4.78, 5) is 25.8. The molecular formula is C13H24N2O2. The van der Waals surface area contributed by atoms with Crippen LogP contribution in [0.4, 0.5) is 0 Å². The van der Waals surface area contributed by atoms with Gasteiger partial charge in [0.2, 0.25) is 11.8 Å². The fourth-order valence-electron chi connectivity index (χ4n) is 2.09. The molecule has 1 heterocycles. The standard InChI is InChI=1S/C13H24N2O2/c1-5-10(4)12-13(17)15(8-9(2)3)7-6-11(16)14-12/h9-10,12H,5-8H2,1-4H3,(H,14,16). The molecular weight excluding hydrogens is 216 g/mol. The first-order valence-corrected chi connectivity index (χ1v) is 6.53. The van der Waals surface area contributed by atoms with E-state index in [-0.39, 0.29) is 23.8 Å². The maximum Gasteiger partial charge on any atom is 0.245 e. The minimum Gasteiger partial charge on any atom is -0.344 e. The van der Waals surface area contributed by atoms with Crippen LogP contribution in [0.1, 0.15) is 40.5 Å². The second-order valence-electron chi connectivity index (χ2n) is 5.36. The van der Waals surface area contributed by atoms with E-state index in [4.69, 9.17) is 0 Å². The van der Waals surface area contributed by atoms with Gasteiger partial charge >= 0.3 is 0 Å². The molecule has 0 aliphatic carbocycles. The average molecular weight is 240 g/mol. The minimum atomic E-state index is -0.339. The summed E-state index contributed by atoms with van der Waals surface area (Å²) in [6, 6.07) is -0.339. The van der Waals surface area contributed by atoms with E-state index in [9.17, 15) is 9.59 Å². The zero-order valence-corrected chi connectivity index (χ0v) is 11.3. The van der Waals surface area contributed by atoms with E-state index >= 15 is 0 Å². The van der Waals surface area contributed by atoms with Gasteiger partial charge in [-0.1, -0.05) is 34.1 Å². The summed E-state index contributed by atoms with van der Waals surface area (Å²) >= 11 is 0. The first-order valence-electron chi connectivity index (χ1n) is 6.53. The van der Waals surface area contributed by atoms with E-state index in [1.807, 2.05) is 18.7 Å². The normalized spacial score (nSPS) is 23.6. The molecule has 98 valence electrons. The Balaban J connectivity index is 2.81. The van der Waals surface area contributed by atoms with Crippen molar-refractivity contribution in [2.75, 3.05) is 13.1 Å². The van der Waals surface area contributed by atoms with Crippen molar-refractivity contribution in [3.8, 4) is 0 Å². The Kier molecular flexibility index (Phi) is 4.97. The van der Waals surface area contributed by atoms with E-state index in [0.717, 1.165) is 13.0 Å². The SMILES string of the molecule is CCC(C)C1NC(=O)CCN(CC(C)C)C1=O. The van der Waals surface area contributed by atoms with Gasteiger partial charge in [0.25, 0.3) is 0 Å². The predicted octanol–water partition coefficient (Wildman–Crippen LogP) is 1.41. The lowest BCUT2D eigenvalue weighted by Gasteiger charge is -2.28. The monoisotopic (exact) mass is 240 g/mol. The van der Waals surface area contributed by atoms with Crippen LogP contribution in [0.15, 0.2) is 0 Å². The van der Waals surface area contributed by atoms with Crippen LogP contribution in [0.2, 0.25) is 0 Å². The number of nitrogens with zero attached hydrogens (tertiary/aromatic N) is 1. The molecule has 1 rings (SSSR count). The third-order valence-corrected chi connectivity index (χ3v) is 3.30. The summed E-state index contributed by atoms with van der Waals surface area (Å²) in [6.07, 6.45) is 1.32. The molecule has 0 aromatic carbocycles. The van der Waals surface area contributed by atoms with Gasteiger partial charge in [-0.15, -0.1) is 0 Å². The molecule has 17 heavy (non-hydrogen) atoms. The van der Waals surface area contributed by atoms with Crippen LogP contribution in [0.5, 0.6) is 0 Å². The third-order valence-electron chi connectivity index (χ3n) is 3.30. The zero-order valence-electron chi connectivity index (χ0n) is 11.3. The van der Waals surface area contributed by atoms with Crippen molar-refractivity contribution in [1.82, 2.24) is 10.2 Å². The smallest absolute Gasteiger partial charge is 0.245 e. The highest BCUT2D eigenvalue weighted by Crippen LogP contribution is 2.15. The van der Waals surface area contributed by atoms with Crippen LogP contribution in [0, 0.1) is 11.8 Å². The van der Waals surface area contributed by atoms with Crippen molar-refractivity contribution in [1.29, 1.82) is 0 Å². The summed E-state index contributed by atoms with van der Waals surface area (Å²) in [5.74, 6) is 0.706. The maximum absolute atomic E-state index is 12.3. The number of nitrogens with one attached hydrogen (secondary N) is 1. The van der Waals surface area contributed by atoms with Gasteiger partial charge < -0.3 is 10.2 Å².